The van der Waals surface area contributed by atoms with E-state index in [1.807, 2.05) is 0 Å². The maximum atomic E-state index is 12.4. The third-order valence-corrected chi connectivity index (χ3v) is 5.95. The molecule has 1 aliphatic heterocycles. The van der Waals surface area contributed by atoms with Crippen LogP contribution in [0, 0.1) is 11.8 Å². The zero-order valence-electron chi connectivity index (χ0n) is 16.4. The highest BCUT2D eigenvalue weighted by Gasteiger charge is 2.41. The summed E-state index contributed by atoms with van der Waals surface area (Å²) in [5.74, 6) is -1.30. The van der Waals surface area contributed by atoms with Crippen LogP contribution < -0.4 is 5.32 Å². The third kappa shape index (κ3) is 3.79. The summed E-state index contributed by atoms with van der Waals surface area (Å²) in [4.78, 5) is 50.3. The van der Waals surface area contributed by atoms with Crippen molar-refractivity contribution in [1.82, 2.24) is 10.2 Å². The van der Waals surface area contributed by atoms with Gasteiger partial charge in [-0.3, -0.25) is 19.3 Å². The van der Waals surface area contributed by atoms with Crippen molar-refractivity contribution in [2.24, 2.45) is 11.8 Å². The molecule has 3 rings (SSSR count). The van der Waals surface area contributed by atoms with Gasteiger partial charge in [-0.05, 0) is 37.3 Å². The summed E-state index contributed by atoms with van der Waals surface area (Å²) in [6, 6.07) is 5.39. The molecule has 0 spiro atoms. The SMILES string of the molecule is C[C@@H]1[C@H](C)CCC[C@@H]1NC(=O)COC(=O)[C@H](C)N1C(=O)c2ccccc2C1=O. The Hall–Kier alpha value is -2.70. The largest absolute Gasteiger partial charge is 0.454 e. The molecule has 0 unspecified atom stereocenters. The summed E-state index contributed by atoms with van der Waals surface area (Å²) in [7, 11) is 0. The van der Waals surface area contributed by atoms with Gasteiger partial charge in [-0.15, -0.1) is 0 Å². The van der Waals surface area contributed by atoms with Crippen molar-refractivity contribution in [2.75, 3.05) is 6.61 Å². The zero-order valence-corrected chi connectivity index (χ0v) is 16.4. The molecule has 7 heteroatoms. The predicted molar refractivity (Wildman–Crippen MR) is 101 cm³/mol. The van der Waals surface area contributed by atoms with Gasteiger partial charge in [-0.2, -0.15) is 0 Å². The van der Waals surface area contributed by atoms with E-state index in [0.717, 1.165) is 24.2 Å². The number of hydrogen-bond acceptors (Lipinski definition) is 5. The smallest absolute Gasteiger partial charge is 0.329 e. The number of rotatable bonds is 5. The molecule has 7 nitrogen and oxygen atoms in total. The molecule has 0 saturated heterocycles. The zero-order chi connectivity index (χ0) is 20.4. The van der Waals surface area contributed by atoms with Crippen molar-refractivity contribution in [2.45, 2.75) is 52.1 Å². The third-order valence-electron chi connectivity index (χ3n) is 5.95. The summed E-state index contributed by atoms with van der Waals surface area (Å²) in [6.45, 7) is 5.29. The number of esters is 1. The van der Waals surface area contributed by atoms with Crippen LogP contribution in [-0.2, 0) is 14.3 Å². The lowest BCUT2D eigenvalue weighted by atomic mass is 9.78. The van der Waals surface area contributed by atoms with E-state index in [9.17, 15) is 19.2 Å². The Labute approximate surface area is 164 Å². The van der Waals surface area contributed by atoms with Gasteiger partial charge in [0.1, 0.15) is 6.04 Å². The molecule has 4 atom stereocenters. The first-order valence-electron chi connectivity index (χ1n) is 9.74. The molecule has 1 N–H and O–H groups in total. The van der Waals surface area contributed by atoms with Crippen molar-refractivity contribution >= 4 is 23.7 Å². The highest BCUT2D eigenvalue weighted by atomic mass is 16.5. The first-order chi connectivity index (χ1) is 13.3. The standard InChI is InChI=1S/C21H26N2O5/c1-12-7-6-10-17(13(12)2)22-18(24)11-28-21(27)14(3)23-19(25)15-8-4-5-9-16(15)20(23)26/h4-5,8-9,12-14,17H,6-7,10-11H2,1-3H3,(H,22,24)/t12-,13-,14+,17+/m1/s1. The fraction of sp³-hybridized carbons (Fsp3) is 0.524. The normalized spacial score (nSPS) is 25.2. The molecule has 0 aromatic heterocycles. The van der Waals surface area contributed by atoms with Crippen molar-refractivity contribution in [3.63, 3.8) is 0 Å². The number of nitrogens with one attached hydrogen (secondary N) is 1. The maximum absolute atomic E-state index is 12.4. The van der Waals surface area contributed by atoms with Gasteiger partial charge in [-0.1, -0.05) is 38.8 Å². The number of carbonyl (C=O) groups excluding carboxylic acids is 4. The average Bonchev–Trinajstić information content (AvgIpc) is 2.94. The molecule has 1 aromatic carbocycles. The number of hydrogen-bond donors (Lipinski definition) is 1. The Morgan fingerprint density at radius 2 is 1.75 bits per heavy atom. The number of nitrogens with zero attached hydrogens (tertiary/aromatic N) is 1. The number of imide groups is 1. The quantitative estimate of drug-likeness (QED) is 0.618. The molecule has 0 bridgehead atoms. The summed E-state index contributed by atoms with van der Waals surface area (Å²) in [6.07, 6.45) is 3.13. The molecule has 150 valence electrons. The molecule has 1 aromatic rings. The summed E-state index contributed by atoms with van der Waals surface area (Å²) < 4.78 is 5.08. The van der Waals surface area contributed by atoms with Gasteiger partial charge in [-0.25, -0.2) is 4.79 Å². The fourth-order valence-corrected chi connectivity index (χ4v) is 3.96. The van der Waals surface area contributed by atoms with Crippen LogP contribution in [0.15, 0.2) is 24.3 Å². The molecule has 2 aliphatic rings. The second-order valence-electron chi connectivity index (χ2n) is 7.75. The first-order valence-corrected chi connectivity index (χ1v) is 9.74. The second kappa shape index (κ2) is 8.12. The van der Waals surface area contributed by atoms with Gasteiger partial charge < -0.3 is 10.1 Å². The minimum Gasteiger partial charge on any atom is -0.454 e. The average molecular weight is 386 g/mol. The minimum absolute atomic E-state index is 0.0728. The van der Waals surface area contributed by atoms with Gasteiger partial charge in [0.15, 0.2) is 6.61 Å². The number of fused-ring (bicyclic) bond motifs is 1. The van der Waals surface area contributed by atoms with E-state index in [-0.39, 0.29) is 23.1 Å². The van der Waals surface area contributed by atoms with Gasteiger partial charge >= 0.3 is 5.97 Å². The van der Waals surface area contributed by atoms with Crippen LogP contribution in [0.4, 0.5) is 0 Å². The molecule has 1 heterocycles. The van der Waals surface area contributed by atoms with E-state index in [1.54, 1.807) is 24.3 Å². The fourth-order valence-electron chi connectivity index (χ4n) is 3.96. The number of carbonyl (C=O) groups is 4. The Kier molecular flexibility index (Phi) is 5.82. The lowest BCUT2D eigenvalue weighted by Gasteiger charge is -2.34. The van der Waals surface area contributed by atoms with Crippen molar-refractivity contribution in [1.29, 1.82) is 0 Å². The highest BCUT2D eigenvalue weighted by Crippen LogP contribution is 2.29. The van der Waals surface area contributed by atoms with Crippen LogP contribution in [-0.4, -0.2) is 47.3 Å². The molecule has 1 saturated carbocycles. The lowest BCUT2D eigenvalue weighted by molar-refractivity contribution is -0.152. The van der Waals surface area contributed by atoms with E-state index in [2.05, 4.69) is 19.2 Å². The van der Waals surface area contributed by atoms with Crippen LogP contribution in [0.2, 0.25) is 0 Å². The van der Waals surface area contributed by atoms with Gasteiger partial charge in [0.25, 0.3) is 17.7 Å². The van der Waals surface area contributed by atoms with Crippen molar-refractivity contribution in [3.05, 3.63) is 35.4 Å². The van der Waals surface area contributed by atoms with Gasteiger partial charge in [0.2, 0.25) is 0 Å². The first kappa shape index (κ1) is 20.0. The topological polar surface area (TPSA) is 92.8 Å². The maximum Gasteiger partial charge on any atom is 0.329 e. The predicted octanol–water partition coefficient (Wildman–Crippen LogP) is 2.16. The minimum atomic E-state index is -1.10. The van der Waals surface area contributed by atoms with Crippen LogP contribution in [0.1, 0.15) is 60.7 Å². The molecular weight excluding hydrogens is 360 g/mol. The van der Waals surface area contributed by atoms with Crippen LogP contribution in [0.3, 0.4) is 0 Å². The van der Waals surface area contributed by atoms with Gasteiger partial charge in [0, 0.05) is 6.04 Å². The summed E-state index contributed by atoms with van der Waals surface area (Å²) >= 11 is 0. The van der Waals surface area contributed by atoms with Crippen LogP contribution in [0.25, 0.3) is 0 Å². The molecule has 28 heavy (non-hydrogen) atoms. The number of amides is 3. The Balaban J connectivity index is 1.54. The van der Waals surface area contributed by atoms with E-state index in [1.165, 1.54) is 6.92 Å². The van der Waals surface area contributed by atoms with E-state index < -0.39 is 30.4 Å². The van der Waals surface area contributed by atoms with Crippen LogP contribution >= 0.6 is 0 Å². The summed E-state index contributed by atoms with van der Waals surface area (Å²) in [5, 5.41) is 2.93. The van der Waals surface area contributed by atoms with E-state index >= 15 is 0 Å². The lowest BCUT2D eigenvalue weighted by Crippen LogP contribution is -2.47. The second-order valence-corrected chi connectivity index (χ2v) is 7.75. The highest BCUT2D eigenvalue weighted by molar-refractivity contribution is 6.22. The van der Waals surface area contributed by atoms with Crippen molar-refractivity contribution < 1.29 is 23.9 Å². The molecular formula is C21H26N2O5. The van der Waals surface area contributed by atoms with E-state index in [0.29, 0.717) is 11.8 Å². The Morgan fingerprint density at radius 1 is 1.14 bits per heavy atom. The van der Waals surface area contributed by atoms with Gasteiger partial charge in [0.05, 0.1) is 11.1 Å². The monoisotopic (exact) mass is 386 g/mol. The number of benzene rings is 1. The molecule has 0 radical (unpaired) electrons. The van der Waals surface area contributed by atoms with Crippen molar-refractivity contribution in [3.8, 4) is 0 Å². The number of ether oxygens (including phenoxy) is 1. The van der Waals surface area contributed by atoms with E-state index in [4.69, 9.17) is 4.74 Å². The molecule has 1 fully saturated rings. The molecule has 1 aliphatic carbocycles. The summed E-state index contributed by atoms with van der Waals surface area (Å²) in [5.41, 5.74) is 0.538. The Morgan fingerprint density at radius 3 is 2.36 bits per heavy atom. The van der Waals surface area contributed by atoms with Crippen LogP contribution in [0.5, 0.6) is 0 Å². The Bertz CT molecular complexity index is 771. The molecule has 3 amide bonds.